The molecule has 0 aliphatic carbocycles. The highest BCUT2D eigenvalue weighted by Crippen LogP contribution is 2.13. The summed E-state index contributed by atoms with van der Waals surface area (Å²) in [6, 6.07) is 20.0. The van der Waals surface area contributed by atoms with Gasteiger partial charge in [0.2, 0.25) is 0 Å². The fourth-order valence-corrected chi connectivity index (χ4v) is 2.69. The van der Waals surface area contributed by atoms with Crippen LogP contribution in [0.4, 0.5) is 5.82 Å². The maximum absolute atomic E-state index is 12.5. The number of anilines is 1. The van der Waals surface area contributed by atoms with E-state index in [0.29, 0.717) is 12.2 Å². The normalized spacial score (nSPS) is 10.4. The van der Waals surface area contributed by atoms with Crippen LogP contribution in [0, 0.1) is 0 Å². The van der Waals surface area contributed by atoms with Gasteiger partial charge in [0.1, 0.15) is 11.5 Å². The Morgan fingerprint density at radius 2 is 1.38 bits per heavy atom. The molecule has 0 saturated carbocycles. The molecule has 0 aliphatic rings. The molecule has 3 aromatic rings. The number of hydrogen-bond donors (Lipinski definition) is 0. The number of carbonyl (C=O) groups is 1. The molecular weight excluding hydrogens is 324 g/mol. The van der Waals surface area contributed by atoms with Gasteiger partial charge in [-0.05, 0) is 11.1 Å². The SMILES string of the molecule is CN(Cc1ccccc1)C(=O)c1cnc(N(C)Cc2ccccc2)cn1. The van der Waals surface area contributed by atoms with Gasteiger partial charge >= 0.3 is 0 Å². The minimum Gasteiger partial charge on any atom is -0.354 e. The fourth-order valence-electron chi connectivity index (χ4n) is 2.69. The zero-order valence-corrected chi connectivity index (χ0v) is 15.0. The maximum Gasteiger partial charge on any atom is 0.274 e. The molecule has 0 N–H and O–H groups in total. The molecule has 1 heterocycles. The van der Waals surface area contributed by atoms with E-state index in [4.69, 9.17) is 0 Å². The van der Waals surface area contributed by atoms with Crippen molar-refractivity contribution in [3.8, 4) is 0 Å². The molecule has 2 aromatic carbocycles. The number of amides is 1. The van der Waals surface area contributed by atoms with E-state index in [1.165, 1.54) is 5.56 Å². The molecule has 132 valence electrons. The van der Waals surface area contributed by atoms with Gasteiger partial charge < -0.3 is 9.80 Å². The number of carbonyl (C=O) groups excluding carboxylic acids is 1. The standard InChI is InChI=1S/C21H22N4O/c1-24(15-17-9-5-3-6-10-17)20-14-22-19(13-23-20)21(26)25(2)16-18-11-7-4-8-12-18/h3-14H,15-16H2,1-2H3. The van der Waals surface area contributed by atoms with Crippen molar-refractivity contribution < 1.29 is 4.79 Å². The Bertz CT molecular complexity index is 835. The lowest BCUT2D eigenvalue weighted by molar-refractivity contribution is 0.0779. The van der Waals surface area contributed by atoms with Crippen LogP contribution in [-0.4, -0.2) is 34.9 Å². The van der Waals surface area contributed by atoms with Crippen LogP contribution in [-0.2, 0) is 13.1 Å². The molecule has 0 unspecified atom stereocenters. The first-order chi connectivity index (χ1) is 12.6. The minimum atomic E-state index is -0.140. The topological polar surface area (TPSA) is 49.3 Å². The minimum absolute atomic E-state index is 0.140. The largest absolute Gasteiger partial charge is 0.354 e. The van der Waals surface area contributed by atoms with E-state index >= 15 is 0 Å². The molecule has 0 bridgehead atoms. The van der Waals surface area contributed by atoms with E-state index < -0.39 is 0 Å². The average Bonchev–Trinajstić information content (AvgIpc) is 2.69. The van der Waals surface area contributed by atoms with Crippen LogP contribution in [0.25, 0.3) is 0 Å². The van der Waals surface area contributed by atoms with Gasteiger partial charge in [-0.3, -0.25) is 4.79 Å². The summed E-state index contributed by atoms with van der Waals surface area (Å²) in [6.45, 7) is 1.27. The summed E-state index contributed by atoms with van der Waals surface area (Å²) in [5, 5.41) is 0. The van der Waals surface area contributed by atoms with Crippen LogP contribution in [0.2, 0.25) is 0 Å². The van der Waals surface area contributed by atoms with Crippen LogP contribution in [0.15, 0.2) is 73.1 Å². The van der Waals surface area contributed by atoms with Crippen molar-refractivity contribution in [1.29, 1.82) is 0 Å². The van der Waals surface area contributed by atoms with Gasteiger partial charge in [0, 0.05) is 27.2 Å². The Morgan fingerprint density at radius 1 is 0.808 bits per heavy atom. The first-order valence-corrected chi connectivity index (χ1v) is 8.50. The van der Waals surface area contributed by atoms with Gasteiger partial charge in [-0.1, -0.05) is 60.7 Å². The van der Waals surface area contributed by atoms with Crippen LogP contribution in [0.5, 0.6) is 0 Å². The lowest BCUT2D eigenvalue weighted by Gasteiger charge is -2.19. The summed E-state index contributed by atoms with van der Waals surface area (Å²) in [5.74, 6) is 0.592. The zero-order chi connectivity index (χ0) is 18.4. The van der Waals surface area contributed by atoms with Gasteiger partial charge in [-0.25, -0.2) is 9.97 Å². The third-order valence-corrected chi connectivity index (χ3v) is 4.12. The third-order valence-electron chi connectivity index (χ3n) is 4.12. The highest BCUT2D eigenvalue weighted by molar-refractivity contribution is 5.91. The predicted molar refractivity (Wildman–Crippen MR) is 103 cm³/mol. The smallest absolute Gasteiger partial charge is 0.274 e. The lowest BCUT2D eigenvalue weighted by atomic mass is 10.2. The summed E-state index contributed by atoms with van der Waals surface area (Å²) in [7, 11) is 3.73. The van der Waals surface area contributed by atoms with E-state index in [1.54, 1.807) is 24.3 Å². The molecule has 3 rings (SSSR count). The van der Waals surface area contributed by atoms with Crippen molar-refractivity contribution in [2.45, 2.75) is 13.1 Å². The molecule has 5 heteroatoms. The Hall–Kier alpha value is -3.21. The van der Waals surface area contributed by atoms with Crippen LogP contribution < -0.4 is 4.90 Å². The van der Waals surface area contributed by atoms with Gasteiger partial charge in [0.05, 0.1) is 12.4 Å². The summed E-state index contributed by atoms with van der Waals surface area (Å²) < 4.78 is 0. The van der Waals surface area contributed by atoms with Crippen molar-refractivity contribution in [2.75, 3.05) is 19.0 Å². The van der Waals surface area contributed by atoms with E-state index in [0.717, 1.165) is 17.9 Å². The molecule has 26 heavy (non-hydrogen) atoms. The molecule has 0 aliphatic heterocycles. The third kappa shape index (κ3) is 4.45. The van der Waals surface area contributed by atoms with Gasteiger partial charge in [0.25, 0.3) is 5.91 Å². The number of hydrogen-bond acceptors (Lipinski definition) is 4. The number of benzene rings is 2. The molecule has 0 spiro atoms. The second-order valence-corrected chi connectivity index (χ2v) is 6.25. The van der Waals surface area contributed by atoms with Crippen molar-refractivity contribution in [3.63, 3.8) is 0 Å². The first kappa shape index (κ1) is 17.6. The number of nitrogens with zero attached hydrogens (tertiary/aromatic N) is 4. The van der Waals surface area contributed by atoms with Crippen LogP contribution in [0.3, 0.4) is 0 Å². The molecule has 0 radical (unpaired) electrons. The van der Waals surface area contributed by atoms with E-state index in [2.05, 4.69) is 22.1 Å². The van der Waals surface area contributed by atoms with E-state index in [1.807, 2.05) is 60.5 Å². The van der Waals surface area contributed by atoms with Gasteiger partial charge in [-0.15, -0.1) is 0 Å². The molecular formula is C21H22N4O. The Kier molecular flexibility index (Phi) is 5.59. The summed E-state index contributed by atoms with van der Waals surface area (Å²) in [4.78, 5) is 24.9. The molecule has 0 saturated heterocycles. The Balaban J connectivity index is 1.63. The zero-order valence-electron chi connectivity index (χ0n) is 15.0. The Labute approximate surface area is 153 Å². The highest BCUT2D eigenvalue weighted by Gasteiger charge is 2.14. The quantitative estimate of drug-likeness (QED) is 0.686. The average molecular weight is 346 g/mol. The van der Waals surface area contributed by atoms with Crippen molar-refractivity contribution >= 4 is 11.7 Å². The molecule has 0 fully saturated rings. The van der Waals surface area contributed by atoms with Gasteiger partial charge in [0.15, 0.2) is 0 Å². The predicted octanol–water partition coefficient (Wildman–Crippen LogP) is 3.39. The molecule has 1 amide bonds. The lowest BCUT2D eigenvalue weighted by Crippen LogP contribution is -2.27. The van der Waals surface area contributed by atoms with Crippen molar-refractivity contribution in [3.05, 3.63) is 89.9 Å². The van der Waals surface area contributed by atoms with Crippen LogP contribution in [0.1, 0.15) is 21.6 Å². The highest BCUT2D eigenvalue weighted by atomic mass is 16.2. The summed E-state index contributed by atoms with van der Waals surface area (Å²) in [5.41, 5.74) is 2.62. The molecule has 0 atom stereocenters. The van der Waals surface area contributed by atoms with Crippen LogP contribution >= 0.6 is 0 Å². The maximum atomic E-state index is 12.5. The molecule has 5 nitrogen and oxygen atoms in total. The number of rotatable bonds is 6. The second kappa shape index (κ2) is 8.25. The summed E-state index contributed by atoms with van der Waals surface area (Å²) >= 11 is 0. The Morgan fingerprint density at radius 3 is 1.92 bits per heavy atom. The fraction of sp³-hybridized carbons (Fsp3) is 0.190. The summed E-state index contributed by atoms with van der Waals surface area (Å²) in [6.07, 6.45) is 3.19. The first-order valence-electron chi connectivity index (χ1n) is 8.50. The second-order valence-electron chi connectivity index (χ2n) is 6.25. The molecule has 1 aromatic heterocycles. The van der Waals surface area contributed by atoms with Crippen molar-refractivity contribution in [2.24, 2.45) is 0 Å². The van der Waals surface area contributed by atoms with E-state index in [-0.39, 0.29) is 5.91 Å². The number of aromatic nitrogens is 2. The van der Waals surface area contributed by atoms with Gasteiger partial charge in [-0.2, -0.15) is 0 Å². The monoisotopic (exact) mass is 346 g/mol. The van der Waals surface area contributed by atoms with Crippen molar-refractivity contribution in [1.82, 2.24) is 14.9 Å². The van der Waals surface area contributed by atoms with E-state index in [9.17, 15) is 4.79 Å².